The average Bonchev–Trinajstić information content (AvgIpc) is 3.13. The molecule has 1 aliphatic rings. The summed E-state index contributed by atoms with van der Waals surface area (Å²) >= 11 is 0. The molecule has 1 aliphatic heterocycles. The molecular weight excluding hydrogens is 506 g/mol. The fourth-order valence-corrected chi connectivity index (χ4v) is 6.80. The Morgan fingerprint density at radius 3 is 2.03 bits per heavy atom. The number of ether oxygens (including phenoxy) is 2. The molecule has 0 saturated carbocycles. The van der Waals surface area contributed by atoms with Crippen molar-refractivity contribution in [3.63, 3.8) is 0 Å². The second-order valence-electron chi connectivity index (χ2n) is 8.77. The second kappa shape index (κ2) is 11.6. The summed E-state index contributed by atoms with van der Waals surface area (Å²) in [5.74, 6) is -0.268. The van der Waals surface area contributed by atoms with E-state index in [0.29, 0.717) is 13.1 Å². The lowest BCUT2D eigenvalue weighted by Gasteiger charge is -2.21. The van der Waals surface area contributed by atoms with Crippen LogP contribution >= 0.6 is 0 Å². The number of hydrogen-bond acceptors (Lipinski definition) is 7. The van der Waals surface area contributed by atoms with E-state index in [2.05, 4.69) is 10.0 Å². The van der Waals surface area contributed by atoms with E-state index in [-0.39, 0.29) is 38.6 Å². The molecule has 3 rings (SSSR count). The summed E-state index contributed by atoms with van der Waals surface area (Å²) in [4.78, 5) is 13.2. The van der Waals surface area contributed by atoms with Gasteiger partial charge in [-0.2, -0.15) is 4.31 Å². The molecule has 0 atom stereocenters. The van der Waals surface area contributed by atoms with Gasteiger partial charge in [0.1, 0.15) is 11.5 Å². The molecule has 2 aromatic carbocycles. The molecular formula is C24H33N3O7S2. The molecule has 198 valence electrons. The highest BCUT2D eigenvalue weighted by Crippen LogP contribution is 2.31. The molecule has 0 aromatic heterocycles. The van der Waals surface area contributed by atoms with Gasteiger partial charge in [0.05, 0.1) is 35.3 Å². The first kappa shape index (κ1) is 27.9. The van der Waals surface area contributed by atoms with Crippen molar-refractivity contribution in [2.24, 2.45) is 0 Å². The Kier molecular flexibility index (Phi) is 8.98. The van der Waals surface area contributed by atoms with E-state index in [1.54, 1.807) is 13.8 Å². The third kappa shape index (κ3) is 6.36. The van der Waals surface area contributed by atoms with Gasteiger partial charge in [-0.15, -0.1) is 0 Å². The van der Waals surface area contributed by atoms with E-state index < -0.39 is 26.0 Å². The van der Waals surface area contributed by atoms with Crippen molar-refractivity contribution in [2.45, 2.75) is 55.4 Å². The van der Waals surface area contributed by atoms with Crippen LogP contribution in [0.4, 0.5) is 5.69 Å². The van der Waals surface area contributed by atoms with Crippen molar-refractivity contribution in [1.82, 2.24) is 9.03 Å². The van der Waals surface area contributed by atoms with Crippen LogP contribution in [0.25, 0.3) is 0 Å². The number of nitrogens with zero attached hydrogens (tertiary/aromatic N) is 1. The van der Waals surface area contributed by atoms with Gasteiger partial charge in [0.15, 0.2) is 0 Å². The summed E-state index contributed by atoms with van der Waals surface area (Å²) in [7, 11) is -4.87. The first-order valence-electron chi connectivity index (χ1n) is 11.7. The number of carbonyl (C=O) groups excluding carboxylic acids is 1. The van der Waals surface area contributed by atoms with Gasteiger partial charge in [0, 0.05) is 19.1 Å². The molecule has 1 heterocycles. The topological polar surface area (TPSA) is 131 Å². The number of methoxy groups -OCH3 is 2. The minimum atomic E-state index is -3.83. The van der Waals surface area contributed by atoms with Gasteiger partial charge in [0.2, 0.25) is 20.0 Å². The number of nitrogens with one attached hydrogen (secondary N) is 2. The number of benzene rings is 2. The smallest absolute Gasteiger partial charge is 0.259 e. The minimum Gasteiger partial charge on any atom is -0.496 e. The zero-order valence-electron chi connectivity index (χ0n) is 20.9. The Hall–Kier alpha value is -2.67. The van der Waals surface area contributed by atoms with Crippen molar-refractivity contribution in [1.29, 1.82) is 0 Å². The van der Waals surface area contributed by atoms with Gasteiger partial charge in [-0.1, -0.05) is 12.8 Å². The van der Waals surface area contributed by atoms with E-state index in [9.17, 15) is 21.6 Å². The maximum atomic E-state index is 13.3. The van der Waals surface area contributed by atoms with Crippen LogP contribution in [0.3, 0.4) is 0 Å². The second-order valence-corrected chi connectivity index (χ2v) is 12.4. The standard InChI is InChI=1S/C24H33N3O7S2/c1-17(2)26-35(29,30)18-9-12-23(34-4)21(16-18)25-24(28)20-15-19(10-11-22(20)33-3)36(31,32)27-13-7-5-6-8-14-27/h9-12,15-17,26H,5-8,13-14H2,1-4H3,(H,25,28). The van der Waals surface area contributed by atoms with Crippen LogP contribution in [0, 0.1) is 0 Å². The molecule has 2 aromatic rings. The van der Waals surface area contributed by atoms with Crippen LogP contribution in [-0.2, 0) is 20.0 Å². The van der Waals surface area contributed by atoms with Gasteiger partial charge in [0.25, 0.3) is 5.91 Å². The van der Waals surface area contributed by atoms with E-state index in [1.165, 1.54) is 54.9 Å². The Morgan fingerprint density at radius 1 is 0.861 bits per heavy atom. The van der Waals surface area contributed by atoms with Gasteiger partial charge in [-0.05, 0) is 63.1 Å². The number of rotatable bonds is 9. The van der Waals surface area contributed by atoms with Gasteiger partial charge in [-0.3, -0.25) is 4.79 Å². The Bertz CT molecular complexity index is 1300. The Balaban J connectivity index is 1.97. The summed E-state index contributed by atoms with van der Waals surface area (Å²) in [5, 5.41) is 2.64. The van der Waals surface area contributed by atoms with Gasteiger partial charge >= 0.3 is 0 Å². The van der Waals surface area contributed by atoms with E-state index in [1.807, 2.05) is 0 Å². The number of carbonyl (C=O) groups is 1. The van der Waals surface area contributed by atoms with Crippen molar-refractivity contribution >= 4 is 31.6 Å². The zero-order chi connectivity index (χ0) is 26.5. The molecule has 1 fully saturated rings. The summed E-state index contributed by atoms with van der Waals surface area (Å²) in [5.41, 5.74) is 0.0981. The van der Waals surface area contributed by atoms with Crippen molar-refractivity contribution in [3.8, 4) is 11.5 Å². The molecule has 0 radical (unpaired) electrons. The predicted octanol–water partition coefficient (Wildman–Crippen LogP) is 3.21. The number of hydrogen-bond donors (Lipinski definition) is 2. The SMILES string of the molecule is COc1ccc(S(=O)(=O)NC(C)C)cc1NC(=O)c1cc(S(=O)(=O)N2CCCCCC2)ccc1OC. The average molecular weight is 540 g/mol. The maximum Gasteiger partial charge on any atom is 0.259 e. The Labute approximate surface area is 213 Å². The van der Waals surface area contributed by atoms with Crippen molar-refractivity contribution in [2.75, 3.05) is 32.6 Å². The molecule has 10 nitrogen and oxygen atoms in total. The molecule has 2 N–H and O–H groups in total. The molecule has 0 spiro atoms. The van der Waals surface area contributed by atoms with Crippen LogP contribution in [0.1, 0.15) is 49.9 Å². The highest BCUT2D eigenvalue weighted by Gasteiger charge is 2.27. The van der Waals surface area contributed by atoms with Crippen LogP contribution < -0.4 is 19.5 Å². The molecule has 1 amide bonds. The number of sulfonamides is 2. The third-order valence-electron chi connectivity index (χ3n) is 5.74. The molecule has 12 heteroatoms. The summed E-state index contributed by atoms with van der Waals surface area (Å²) in [6, 6.07) is 7.89. The molecule has 0 aliphatic carbocycles. The summed E-state index contributed by atoms with van der Waals surface area (Å²) < 4.78 is 66.3. The quantitative estimate of drug-likeness (QED) is 0.500. The first-order valence-corrected chi connectivity index (χ1v) is 14.6. The van der Waals surface area contributed by atoms with E-state index in [4.69, 9.17) is 9.47 Å². The lowest BCUT2D eigenvalue weighted by molar-refractivity contribution is 0.102. The lowest BCUT2D eigenvalue weighted by Crippen LogP contribution is -2.32. The predicted molar refractivity (Wildman–Crippen MR) is 137 cm³/mol. The zero-order valence-corrected chi connectivity index (χ0v) is 22.5. The number of anilines is 1. The van der Waals surface area contributed by atoms with Crippen LogP contribution in [0.2, 0.25) is 0 Å². The fourth-order valence-electron chi connectivity index (χ4n) is 3.98. The monoisotopic (exact) mass is 539 g/mol. The van der Waals surface area contributed by atoms with Crippen molar-refractivity contribution < 1.29 is 31.1 Å². The fraction of sp³-hybridized carbons (Fsp3) is 0.458. The molecule has 1 saturated heterocycles. The molecule has 0 unspecified atom stereocenters. The van der Waals surface area contributed by atoms with Crippen molar-refractivity contribution in [3.05, 3.63) is 42.0 Å². The van der Waals surface area contributed by atoms with Gasteiger partial charge < -0.3 is 14.8 Å². The third-order valence-corrected chi connectivity index (χ3v) is 9.29. The highest BCUT2D eigenvalue weighted by atomic mass is 32.2. The van der Waals surface area contributed by atoms with E-state index in [0.717, 1.165) is 25.7 Å². The lowest BCUT2D eigenvalue weighted by atomic mass is 10.1. The molecule has 0 bridgehead atoms. The minimum absolute atomic E-state index is 0.0102. The van der Waals surface area contributed by atoms with Crippen LogP contribution in [0.15, 0.2) is 46.2 Å². The van der Waals surface area contributed by atoms with Crippen LogP contribution in [-0.4, -0.2) is 60.4 Å². The largest absolute Gasteiger partial charge is 0.496 e. The first-order chi connectivity index (χ1) is 17.0. The molecule has 36 heavy (non-hydrogen) atoms. The van der Waals surface area contributed by atoms with Gasteiger partial charge in [-0.25, -0.2) is 21.6 Å². The normalized spacial score (nSPS) is 15.4. The maximum absolute atomic E-state index is 13.3. The number of amides is 1. The Morgan fingerprint density at radius 2 is 1.44 bits per heavy atom. The summed E-state index contributed by atoms with van der Waals surface area (Å²) in [6.45, 7) is 4.25. The van der Waals surface area contributed by atoms with E-state index >= 15 is 0 Å². The highest BCUT2D eigenvalue weighted by molar-refractivity contribution is 7.89. The summed E-state index contributed by atoms with van der Waals surface area (Å²) in [6.07, 6.45) is 3.53. The van der Waals surface area contributed by atoms with Crippen LogP contribution in [0.5, 0.6) is 11.5 Å².